The van der Waals surface area contributed by atoms with Crippen LogP contribution in [0, 0.1) is 11.8 Å². The van der Waals surface area contributed by atoms with E-state index in [1.54, 1.807) is 24.3 Å². The Morgan fingerprint density at radius 1 is 1.23 bits per heavy atom. The van der Waals surface area contributed by atoms with Crippen molar-refractivity contribution in [1.82, 2.24) is 25.1 Å². The number of hydrogen-bond donors (Lipinski definition) is 3. The van der Waals surface area contributed by atoms with Gasteiger partial charge in [0.25, 0.3) is 0 Å². The molecular formula is C32H42N8O3. The average Bonchev–Trinajstić information content (AvgIpc) is 3.67. The summed E-state index contributed by atoms with van der Waals surface area (Å²) in [6, 6.07) is 5.69. The lowest BCUT2D eigenvalue weighted by molar-refractivity contribution is -0.135. The molecule has 1 aromatic carbocycles. The van der Waals surface area contributed by atoms with E-state index in [1.807, 2.05) is 43.4 Å². The second-order valence-corrected chi connectivity index (χ2v) is 10.8. The van der Waals surface area contributed by atoms with Crippen molar-refractivity contribution >= 4 is 35.5 Å². The zero-order valence-electron chi connectivity index (χ0n) is 25.4. The predicted octanol–water partition coefficient (Wildman–Crippen LogP) is 2.96. The smallest absolute Gasteiger partial charge is 0.246 e. The largest absolute Gasteiger partial charge is 0.385 e. The number of hydrogen-bond acceptors (Lipinski definition) is 9. The average molecular weight is 587 g/mol. The van der Waals surface area contributed by atoms with E-state index in [9.17, 15) is 9.59 Å². The first-order valence-corrected chi connectivity index (χ1v) is 14.8. The van der Waals surface area contributed by atoms with Gasteiger partial charge in [-0.2, -0.15) is 4.98 Å². The molecule has 11 heteroatoms. The molecule has 0 radical (unpaired) electrons. The fraction of sp³-hybridized carbons (Fsp3) is 0.469. The Balaban J connectivity index is 1.29. The van der Waals surface area contributed by atoms with Crippen LogP contribution in [0.1, 0.15) is 48.8 Å². The van der Waals surface area contributed by atoms with Gasteiger partial charge in [0, 0.05) is 64.3 Å². The number of likely N-dealkylation sites (tertiary alicyclic amines) is 1. The van der Waals surface area contributed by atoms with Gasteiger partial charge in [0.1, 0.15) is 11.9 Å². The number of ether oxygens (including phenoxy) is 1. The van der Waals surface area contributed by atoms with Crippen molar-refractivity contribution in [2.75, 3.05) is 64.6 Å². The Bertz CT molecular complexity index is 1380. The summed E-state index contributed by atoms with van der Waals surface area (Å²) in [7, 11) is 5.57. The number of likely N-dealkylation sites (N-methyl/N-ethyl adjacent to an activating group) is 1. The van der Waals surface area contributed by atoms with Crippen LogP contribution in [0.25, 0.3) is 0 Å². The lowest BCUT2D eigenvalue weighted by atomic mass is 10.1. The van der Waals surface area contributed by atoms with E-state index < -0.39 is 6.04 Å². The van der Waals surface area contributed by atoms with Gasteiger partial charge in [0.15, 0.2) is 0 Å². The van der Waals surface area contributed by atoms with Crippen molar-refractivity contribution in [2.45, 2.75) is 44.7 Å². The number of aliphatic imine (C=N–C) groups is 1. The van der Waals surface area contributed by atoms with Crippen LogP contribution < -0.4 is 16.0 Å². The van der Waals surface area contributed by atoms with Crippen LogP contribution in [0.5, 0.6) is 0 Å². The van der Waals surface area contributed by atoms with Gasteiger partial charge in [-0.25, -0.2) is 4.98 Å². The molecule has 2 aliphatic heterocycles. The van der Waals surface area contributed by atoms with E-state index >= 15 is 0 Å². The van der Waals surface area contributed by atoms with Gasteiger partial charge in [-0.1, -0.05) is 24.0 Å². The molecule has 2 aliphatic rings. The van der Waals surface area contributed by atoms with Gasteiger partial charge in [0.2, 0.25) is 17.8 Å². The third-order valence-electron chi connectivity index (χ3n) is 7.07. The molecule has 43 heavy (non-hydrogen) atoms. The number of fused-ring (bicyclic) bond motifs is 1. The SMILES string of the molecule is COCCCNc1nc(Nc2ccc3c(c2)C=NC3)ncc1C#CCCCNC(=O)[C@@H]1CCCN1C(=O)/C=C/CN(C)C. The van der Waals surface area contributed by atoms with Crippen molar-refractivity contribution < 1.29 is 14.3 Å². The highest BCUT2D eigenvalue weighted by Crippen LogP contribution is 2.22. The van der Waals surface area contributed by atoms with Crippen LogP contribution in [0.15, 0.2) is 41.5 Å². The summed E-state index contributed by atoms with van der Waals surface area (Å²) in [5, 5.41) is 9.61. The zero-order chi connectivity index (χ0) is 30.4. The molecule has 1 atom stereocenters. The van der Waals surface area contributed by atoms with Crippen LogP contribution >= 0.6 is 0 Å². The lowest BCUT2D eigenvalue weighted by Gasteiger charge is -2.22. The summed E-state index contributed by atoms with van der Waals surface area (Å²) in [6.45, 7) is 3.83. The van der Waals surface area contributed by atoms with Gasteiger partial charge < -0.3 is 30.5 Å². The number of rotatable bonds is 14. The van der Waals surface area contributed by atoms with Crippen LogP contribution in [-0.4, -0.2) is 97.8 Å². The van der Waals surface area contributed by atoms with Crippen LogP contribution in [0.4, 0.5) is 17.5 Å². The standard InChI is InChI=1S/C32H42N8O3/c1-39(2)17-8-12-29(41)40-18-7-11-28(40)31(42)35-15-6-4-5-10-25-23-36-32(38-30(25)34-16-9-19-43-3)37-27-14-13-24-21-33-22-26(24)20-27/h8,12-14,20,22-23,28H,4,6-7,9,11,15-19,21H2,1-3H3,(H,35,42)(H2,34,36,37,38)/b12-8+/t28-/m0/s1. The molecule has 3 heterocycles. The quantitative estimate of drug-likeness (QED) is 0.175. The first kappa shape index (κ1) is 31.7. The molecule has 1 saturated heterocycles. The Labute approximate surface area is 254 Å². The molecule has 0 unspecified atom stereocenters. The Kier molecular flexibility index (Phi) is 12.1. The second-order valence-electron chi connectivity index (χ2n) is 10.8. The summed E-state index contributed by atoms with van der Waals surface area (Å²) in [5.74, 6) is 7.29. The maximum absolute atomic E-state index is 12.8. The van der Waals surface area contributed by atoms with Crippen molar-refractivity contribution in [2.24, 2.45) is 4.99 Å². The number of aromatic nitrogens is 2. The summed E-state index contributed by atoms with van der Waals surface area (Å²) in [4.78, 5) is 42.5. The van der Waals surface area contributed by atoms with Gasteiger partial charge in [-0.05, 0) is 63.0 Å². The molecule has 2 aromatic rings. The van der Waals surface area contributed by atoms with Crippen molar-refractivity contribution in [3.05, 3.63) is 53.2 Å². The number of methoxy groups -OCH3 is 1. The van der Waals surface area contributed by atoms with Crippen LogP contribution in [0.3, 0.4) is 0 Å². The van der Waals surface area contributed by atoms with E-state index in [1.165, 1.54) is 5.56 Å². The number of anilines is 3. The Hall–Kier alpha value is -4.27. The minimum absolute atomic E-state index is 0.102. The van der Waals surface area contributed by atoms with Gasteiger partial charge in [0.05, 0.1) is 18.3 Å². The molecule has 0 bridgehead atoms. The molecule has 11 nitrogen and oxygen atoms in total. The van der Waals surface area contributed by atoms with E-state index in [0.29, 0.717) is 69.4 Å². The fourth-order valence-corrected chi connectivity index (χ4v) is 4.83. The molecule has 228 valence electrons. The molecule has 0 aliphatic carbocycles. The molecule has 1 aromatic heterocycles. The number of amides is 2. The number of nitrogens with zero attached hydrogens (tertiary/aromatic N) is 5. The third kappa shape index (κ3) is 9.63. The molecule has 1 fully saturated rings. The van der Waals surface area contributed by atoms with Gasteiger partial charge >= 0.3 is 0 Å². The highest BCUT2D eigenvalue weighted by molar-refractivity contribution is 5.93. The van der Waals surface area contributed by atoms with Crippen molar-refractivity contribution in [1.29, 1.82) is 0 Å². The number of carbonyl (C=O) groups is 2. The predicted molar refractivity (Wildman–Crippen MR) is 170 cm³/mol. The minimum Gasteiger partial charge on any atom is -0.385 e. The summed E-state index contributed by atoms with van der Waals surface area (Å²) in [6.07, 6.45) is 10.6. The van der Waals surface area contributed by atoms with Crippen molar-refractivity contribution in [3.63, 3.8) is 0 Å². The van der Waals surface area contributed by atoms with Gasteiger partial charge in [-0.15, -0.1) is 0 Å². The van der Waals surface area contributed by atoms with Crippen LogP contribution in [-0.2, 0) is 20.9 Å². The Morgan fingerprint density at radius 3 is 2.95 bits per heavy atom. The molecule has 0 saturated carbocycles. The zero-order valence-corrected chi connectivity index (χ0v) is 25.4. The van der Waals surface area contributed by atoms with E-state index in [0.717, 1.165) is 30.6 Å². The summed E-state index contributed by atoms with van der Waals surface area (Å²) >= 11 is 0. The summed E-state index contributed by atoms with van der Waals surface area (Å²) < 4.78 is 5.16. The molecular weight excluding hydrogens is 544 g/mol. The van der Waals surface area contributed by atoms with E-state index in [2.05, 4.69) is 48.8 Å². The highest BCUT2D eigenvalue weighted by atomic mass is 16.5. The monoisotopic (exact) mass is 586 g/mol. The normalized spacial score (nSPS) is 15.4. The lowest BCUT2D eigenvalue weighted by Crippen LogP contribution is -2.45. The highest BCUT2D eigenvalue weighted by Gasteiger charge is 2.32. The maximum atomic E-state index is 12.8. The number of benzene rings is 1. The molecule has 4 rings (SSSR count). The summed E-state index contributed by atoms with van der Waals surface area (Å²) in [5.41, 5.74) is 3.90. The first-order chi connectivity index (χ1) is 20.9. The van der Waals surface area contributed by atoms with E-state index in [4.69, 9.17) is 4.74 Å². The van der Waals surface area contributed by atoms with Crippen molar-refractivity contribution in [3.8, 4) is 11.8 Å². The number of carbonyl (C=O) groups excluding carboxylic acids is 2. The molecule has 3 N–H and O–H groups in total. The third-order valence-corrected chi connectivity index (χ3v) is 7.07. The topological polar surface area (TPSA) is 124 Å². The van der Waals surface area contributed by atoms with E-state index in [-0.39, 0.29) is 11.8 Å². The number of unbranched alkanes of at least 4 members (excludes halogenated alkanes) is 1. The second kappa shape index (κ2) is 16.4. The molecule has 0 spiro atoms. The minimum atomic E-state index is -0.413. The van der Waals surface area contributed by atoms with Crippen LogP contribution in [0.2, 0.25) is 0 Å². The molecule has 2 amide bonds. The fourth-order valence-electron chi connectivity index (χ4n) is 4.83. The Morgan fingerprint density at radius 2 is 2.12 bits per heavy atom. The number of nitrogens with one attached hydrogen (secondary N) is 3. The first-order valence-electron chi connectivity index (χ1n) is 14.8. The maximum Gasteiger partial charge on any atom is 0.246 e. The van der Waals surface area contributed by atoms with Gasteiger partial charge in [-0.3, -0.25) is 14.6 Å².